The highest BCUT2D eigenvalue weighted by atomic mass is 16.2. The van der Waals surface area contributed by atoms with Gasteiger partial charge >= 0.3 is 0 Å². The largest absolute Gasteiger partial charge is 0.396 e. The van der Waals surface area contributed by atoms with Crippen LogP contribution in [0.2, 0.25) is 0 Å². The molecular weight excluding hydrogens is 288 g/mol. The molecule has 0 atom stereocenters. The second kappa shape index (κ2) is 17.5. The maximum absolute atomic E-state index is 11.7. The van der Waals surface area contributed by atoms with E-state index >= 15 is 0 Å². The lowest BCUT2D eigenvalue weighted by molar-refractivity contribution is -0.120. The quantitative estimate of drug-likeness (QED) is 0.257. The second-order valence-corrected chi connectivity index (χ2v) is 6.35. The van der Waals surface area contributed by atoms with Crippen molar-refractivity contribution < 1.29 is 9.90 Å². The number of aliphatic hydroxyl groups is 1. The smallest absolute Gasteiger partial charge is 0.224 e. The van der Waals surface area contributed by atoms with Gasteiger partial charge in [0.25, 0.3) is 0 Å². The first-order valence-electron chi connectivity index (χ1n) is 9.41. The molecule has 0 spiro atoms. The van der Waals surface area contributed by atoms with Crippen LogP contribution in [0, 0.1) is 0 Å². The minimum atomic E-state index is 0.105. The summed E-state index contributed by atoms with van der Waals surface area (Å²) in [5.41, 5.74) is 0. The SMILES string of the molecule is CCCC/C=C/CC(=O)NCN(C)CCCCCCCCCO. The summed E-state index contributed by atoms with van der Waals surface area (Å²) < 4.78 is 0. The van der Waals surface area contributed by atoms with Gasteiger partial charge in [0.15, 0.2) is 0 Å². The molecule has 0 aliphatic heterocycles. The average molecular weight is 327 g/mol. The number of aliphatic hydroxyl groups excluding tert-OH is 1. The van der Waals surface area contributed by atoms with E-state index in [9.17, 15) is 4.79 Å². The van der Waals surface area contributed by atoms with E-state index in [0.29, 0.717) is 19.7 Å². The topological polar surface area (TPSA) is 52.6 Å². The van der Waals surface area contributed by atoms with E-state index in [4.69, 9.17) is 5.11 Å². The zero-order valence-electron chi connectivity index (χ0n) is 15.4. The molecule has 2 N–H and O–H groups in total. The Balaban J connectivity index is 3.40. The molecule has 0 radical (unpaired) electrons. The molecule has 0 aromatic rings. The van der Waals surface area contributed by atoms with E-state index in [0.717, 1.165) is 25.8 Å². The highest BCUT2D eigenvalue weighted by molar-refractivity contribution is 5.77. The van der Waals surface area contributed by atoms with Gasteiger partial charge in [-0.15, -0.1) is 0 Å². The van der Waals surface area contributed by atoms with Gasteiger partial charge in [0.1, 0.15) is 0 Å². The summed E-state index contributed by atoms with van der Waals surface area (Å²) in [6, 6.07) is 0. The molecule has 0 aromatic carbocycles. The van der Waals surface area contributed by atoms with Crippen molar-refractivity contribution in [2.24, 2.45) is 0 Å². The van der Waals surface area contributed by atoms with Crippen LogP contribution >= 0.6 is 0 Å². The van der Waals surface area contributed by atoms with Crippen molar-refractivity contribution in [3.8, 4) is 0 Å². The molecule has 0 saturated carbocycles. The van der Waals surface area contributed by atoms with E-state index < -0.39 is 0 Å². The van der Waals surface area contributed by atoms with Crippen molar-refractivity contribution >= 4 is 5.91 Å². The third-order valence-electron chi connectivity index (χ3n) is 3.94. The molecule has 0 saturated heterocycles. The number of hydrogen-bond donors (Lipinski definition) is 2. The van der Waals surface area contributed by atoms with Gasteiger partial charge in [-0.25, -0.2) is 0 Å². The number of rotatable bonds is 16. The third kappa shape index (κ3) is 17.3. The monoisotopic (exact) mass is 326 g/mol. The molecule has 0 aliphatic carbocycles. The van der Waals surface area contributed by atoms with Gasteiger partial charge < -0.3 is 10.4 Å². The van der Waals surface area contributed by atoms with Crippen molar-refractivity contribution in [3.63, 3.8) is 0 Å². The van der Waals surface area contributed by atoms with E-state index in [-0.39, 0.29) is 5.91 Å². The molecule has 0 heterocycles. The van der Waals surface area contributed by atoms with Gasteiger partial charge in [-0.3, -0.25) is 9.69 Å². The lowest BCUT2D eigenvalue weighted by Gasteiger charge is -2.17. The maximum atomic E-state index is 11.7. The normalized spacial score (nSPS) is 11.5. The molecule has 0 bridgehead atoms. The van der Waals surface area contributed by atoms with Crippen LogP contribution in [0.4, 0.5) is 0 Å². The standard InChI is InChI=1S/C19H38N2O2/c1-3-4-5-9-12-15-19(23)20-18-21(2)16-13-10-7-6-8-11-14-17-22/h9,12,22H,3-8,10-11,13-18H2,1-2H3,(H,20,23)/b12-9+. The first-order chi connectivity index (χ1) is 11.2. The number of carbonyl (C=O) groups excluding carboxylic acids is 1. The minimum Gasteiger partial charge on any atom is -0.396 e. The van der Waals surface area contributed by atoms with Crippen molar-refractivity contribution in [2.75, 3.05) is 26.9 Å². The Bertz CT molecular complexity index is 293. The van der Waals surface area contributed by atoms with E-state index in [1.54, 1.807) is 0 Å². The number of hydrogen-bond acceptors (Lipinski definition) is 3. The molecular formula is C19H38N2O2. The summed E-state index contributed by atoms with van der Waals surface area (Å²) >= 11 is 0. The summed E-state index contributed by atoms with van der Waals surface area (Å²) in [4.78, 5) is 13.8. The highest BCUT2D eigenvalue weighted by Gasteiger charge is 2.01. The van der Waals surface area contributed by atoms with Crippen LogP contribution in [0.1, 0.15) is 77.6 Å². The fourth-order valence-electron chi connectivity index (χ4n) is 2.38. The van der Waals surface area contributed by atoms with Gasteiger partial charge in [0.05, 0.1) is 6.67 Å². The fraction of sp³-hybridized carbons (Fsp3) is 0.842. The van der Waals surface area contributed by atoms with Gasteiger partial charge in [-0.05, 0) is 32.9 Å². The zero-order chi connectivity index (χ0) is 17.2. The van der Waals surface area contributed by atoms with Crippen LogP contribution in [0.25, 0.3) is 0 Å². The Hall–Kier alpha value is -0.870. The fourth-order valence-corrected chi connectivity index (χ4v) is 2.38. The van der Waals surface area contributed by atoms with Crippen LogP contribution in [0.5, 0.6) is 0 Å². The molecule has 23 heavy (non-hydrogen) atoms. The summed E-state index contributed by atoms with van der Waals surface area (Å²) in [5, 5.41) is 11.7. The van der Waals surface area contributed by atoms with Crippen molar-refractivity contribution in [1.29, 1.82) is 0 Å². The van der Waals surface area contributed by atoms with Crippen LogP contribution in [0.15, 0.2) is 12.2 Å². The number of allylic oxidation sites excluding steroid dienone is 1. The van der Waals surface area contributed by atoms with Gasteiger partial charge in [-0.2, -0.15) is 0 Å². The number of unbranched alkanes of at least 4 members (excludes halogenated alkanes) is 8. The summed E-state index contributed by atoms with van der Waals surface area (Å²) in [6.45, 7) is 4.17. The molecule has 4 heteroatoms. The minimum absolute atomic E-state index is 0.105. The molecule has 0 aromatic heterocycles. The molecule has 0 unspecified atom stereocenters. The Kier molecular flexibility index (Phi) is 16.8. The predicted molar refractivity (Wildman–Crippen MR) is 98.3 cm³/mol. The molecule has 0 aliphatic rings. The Labute approximate surface area is 143 Å². The maximum Gasteiger partial charge on any atom is 0.224 e. The predicted octanol–water partition coefficient (Wildman–Crippen LogP) is 3.85. The Morgan fingerprint density at radius 3 is 2.30 bits per heavy atom. The average Bonchev–Trinajstić information content (AvgIpc) is 2.55. The van der Waals surface area contributed by atoms with E-state index in [2.05, 4.69) is 30.3 Å². The van der Waals surface area contributed by atoms with Crippen LogP contribution in [0.3, 0.4) is 0 Å². The first kappa shape index (κ1) is 22.1. The van der Waals surface area contributed by atoms with Crippen molar-refractivity contribution in [1.82, 2.24) is 10.2 Å². The first-order valence-corrected chi connectivity index (χ1v) is 9.41. The molecule has 1 amide bonds. The van der Waals surface area contributed by atoms with Crippen molar-refractivity contribution in [3.05, 3.63) is 12.2 Å². The number of nitrogens with zero attached hydrogens (tertiary/aromatic N) is 1. The van der Waals surface area contributed by atoms with Crippen LogP contribution in [-0.2, 0) is 4.79 Å². The highest BCUT2D eigenvalue weighted by Crippen LogP contribution is 2.07. The summed E-state index contributed by atoms with van der Waals surface area (Å²) in [5.74, 6) is 0.105. The Morgan fingerprint density at radius 2 is 1.65 bits per heavy atom. The molecule has 136 valence electrons. The zero-order valence-corrected chi connectivity index (χ0v) is 15.4. The third-order valence-corrected chi connectivity index (χ3v) is 3.94. The Morgan fingerprint density at radius 1 is 1.00 bits per heavy atom. The number of nitrogens with one attached hydrogen (secondary N) is 1. The molecule has 0 fully saturated rings. The summed E-state index contributed by atoms with van der Waals surface area (Å²) in [7, 11) is 2.05. The van der Waals surface area contributed by atoms with Gasteiger partial charge in [0, 0.05) is 13.0 Å². The van der Waals surface area contributed by atoms with Crippen molar-refractivity contribution in [2.45, 2.75) is 77.6 Å². The van der Waals surface area contributed by atoms with E-state index in [1.165, 1.54) is 44.9 Å². The van der Waals surface area contributed by atoms with Crippen LogP contribution in [-0.4, -0.2) is 42.8 Å². The van der Waals surface area contributed by atoms with Crippen LogP contribution < -0.4 is 5.32 Å². The number of amides is 1. The lowest BCUT2D eigenvalue weighted by atomic mass is 10.1. The number of carbonyl (C=O) groups is 1. The molecule has 4 nitrogen and oxygen atoms in total. The summed E-state index contributed by atoms with van der Waals surface area (Å²) in [6.07, 6.45) is 16.3. The lowest BCUT2D eigenvalue weighted by Crippen LogP contribution is -2.35. The second-order valence-electron chi connectivity index (χ2n) is 6.35. The van der Waals surface area contributed by atoms with Gasteiger partial charge in [0.2, 0.25) is 5.91 Å². The van der Waals surface area contributed by atoms with E-state index in [1.807, 2.05) is 6.08 Å². The molecule has 0 rings (SSSR count). The van der Waals surface area contributed by atoms with Gasteiger partial charge in [-0.1, -0.05) is 64.0 Å².